The number of hydrogen-bond acceptors (Lipinski definition) is 3. The van der Waals surface area contributed by atoms with Gasteiger partial charge in [0, 0.05) is 0 Å². The van der Waals surface area contributed by atoms with Gasteiger partial charge in [-0.3, -0.25) is 0 Å². The predicted molar refractivity (Wildman–Crippen MR) is 123 cm³/mol. The van der Waals surface area contributed by atoms with Crippen molar-refractivity contribution < 1.29 is 13.6 Å². The SMILES string of the molecule is CCC[CH2][Sn]([CH2]CCC)([CH2]CCC)/[C](=C/C(C)CC)P(=O)(OCC)OCC. The van der Waals surface area contributed by atoms with Gasteiger partial charge in [0.05, 0.1) is 0 Å². The Labute approximate surface area is 174 Å². The standard InChI is InChI=1S/C10H20O3P.3C4H9.Sn/c1-5-10(4)8-9-14(11,12-6-2)13-7-3;3*1-3-4-2;/h8,10H,5-7H2,1-4H3;3*1,3-4H2,2H3;. The van der Waals surface area contributed by atoms with E-state index >= 15 is 0 Å². The third kappa shape index (κ3) is 9.36. The molecule has 27 heavy (non-hydrogen) atoms. The van der Waals surface area contributed by atoms with E-state index in [4.69, 9.17) is 9.05 Å². The Morgan fingerprint density at radius 3 is 1.56 bits per heavy atom. The molecule has 0 aromatic rings. The molecule has 0 rings (SSSR count). The van der Waals surface area contributed by atoms with E-state index < -0.39 is 26.0 Å². The first kappa shape index (κ1) is 27.7. The zero-order valence-corrected chi connectivity index (χ0v) is 23.1. The number of unbranched alkanes of at least 4 members (excludes halogenated alkanes) is 3. The second-order valence-electron chi connectivity index (χ2n) is 7.86. The van der Waals surface area contributed by atoms with E-state index in [2.05, 4.69) is 40.7 Å². The fourth-order valence-electron chi connectivity index (χ4n) is 3.77. The van der Waals surface area contributed by atoms with Crippen molar-refractivity contribution in [3.8, 4) is 0 Å². The van der Waals surface area contributed by atoms with Crippen LogP contribution >= 0.6 is 7.60 Å². The third-order valence-electron chi connectivity index (χ3n) is 5.55. The predicted octanol–water partition coefficient (Wildman–Crippen LogP) is 8.57. The zero-order valence-electron chi connectivity index (χ0n) is 19.3. The van der Waals surface area contributed by atoms with Crippen molar-refractivity contribution in [1.82, 2.24) is 0 Å². The maximum atomic E-state index is 14.0. The van der Waals surface area contributed by atoms with Gasteiger partial charge in [-0.15, -0.1) is 0 Å². The molecular formula is C22H47O3PSn. The van der Waals surface area contributed by atoms with E-state index in [-0.39, 0.29) is 0 Å². The first-order valence-corrected chi connectivity index (χ1v) is 20.5. The van der Waals surface area contributed by atoms with Crippen LogP contribution in [0.1, 0.15) is 93.4 Å². The summed E-state index contributed by atoms with van der Waals surface area (Å²) in [6, 6.07) is 0. The van der Waals surface area contributed by atoms with Crippen molar-refractivity contribution in [3.05, 3.63) is 9.41 Å². The van der Waals surface area contributed by atoms with E-state index in [1.807, 2.05) is 13.8 Å². The van der Waals surface area contributed by atoms with Crippen LogP contribution in [0.3, 0.4) is 0 Å². The van der Waals surface area contributed by atoms with Gasteiger partial charge in [0.25, 0.3) is 0 Å². The van der Waals surface area contributed by atoms with Gasteiger partial charge in [-0.05, 0) is 0 Å². The molecule has 0 aliphatic heterocycles. The number of allylic oxidation sites excluding steroid dienone is 1. The van der Waals surface area contributed by atoms with Gasteiger partial charge in [-0.25, -0.2) is 0 Å². The van der Waals surface area contributed by atoms with Crippen molar-refractivity contribution in [1.29, 1.82) is 0 Å². The van der Waals surface area contributed by atoms with Crippen molar-refractivity contribution in [2.75, 3.05) is 13.2 Å². The summed E-state index contributed by atoms with van der Waals surface area (Å²) in [6.07, 6.45) is 10.8. The van der Waals surface area contributed by atoms with E-state index in [1.54, 1.807) is 0 Å². The second-order valence-corrected chi connectivity index (χ2v) is 24.2. The Morgan fingerprint density at radius 1 is 0.852 bits per heavy atom. The quantitative estimate of drug-likeness (QED) is 0.146. The topological polar surface area (TPSA) is 35.5 Å². The third-order valence-corrected chi connectivity index (χ3v) is 27.8. The van der Waals surface area contributed by atoms with E-state index in [9.17, 15) is 4.57 Å². The summed E-state index contributed by atoms with van der Waals surface area (Å²) in [5, 5.41) is 0. The van der Waals surface area contributed by atoms with Crippen LogP contribution in [-0.4, -0.2) is 31.6 Å². The molecule has 0 saturated heterocycles. The van der Waals surface area contributed by atoms with Crippen LogP contribution in [0, 0.1) is 5.92 Å². The second kappa shape index (κ2) is 15.5. The molecule has 0 aromatic heterocycles. The summed E-state index contributed by atoms with van der Waals surface area (Å²) >= 11 is -2.88. The summed E-state index contributed by atoms with van der Waals surface area (Å²) in [4.78, 5) is 0. The summed E-state index contributed by atoms with van der Waals surface area (Å²) < 4.78 is 31.0. The molecular weight excluding hydrogens is 462 g/mol. The van der Waals surface area contributed by atoms with Crippen LogP contribution in [-0.2, 0) is 13.6 Å². The molecule has 0 heterocycles. The van der Waals surface area contributed by atoms with Crippen LogP contribution in [0.4, 0.5) is 0 Å². The minimum absolute atomic E-state index is 0.426. The van der Waals surface area contributed by atoms with E-state index in [0.717, 1.165) is 6.42 Å². The maximum absolute atomic E-state index is 14.0. The molecule has 162 valence electrons. The Balaban J connectivity index is 6.41. The molecule has 5 heteroatoms. The average molecular weight is 509 g/mol. The monoisotopic (exact) mass is 510 g/mol. The van der Waals surface area contributed by atoms with Crippen LogP contribution in [0.25, 0.3) is 0 Å². The summed E-state index contributed by atoms with van der Waals surface area (Å²) in [7, 11) is -3.18. The molecule has 0 amide bonds. The summed E-state index contributed by atoms with van der Waals surface area (Å²) in [5.74, 6) is 0.426. The van der Waals surface area contributed by atoms with Crippen molar-refractivity contribution in [2.45, 2.75) is 107 Å². The van der Waals surface area contributed by atoms with Gasteiger partial charge in [0.1, 0.15) is 0 Å². The van der Waals surface area contributed by atoms with Gasteiger partial charge in [-0.1, -0.05) is 0 Å². The molecule has 0 aliphatic carbocycles. The number of rotatable bonds is 17. The van der Waals surface area contributed by atoms with Gasteiger partial charge in [-0.2, -0.15) is 0 Å². The van der Waals surface area contributed by atoms with Crippen molar-refractivity contribution >= 4 is 26.0 Å². The molecule has 0 bridgehead atoms. The van der Waals surface area contributed by atoms with Gasteiger partial charge >= 0.3 is 175 Å². The first-order chi connectivity index (χ1) is 12.9. The Kier molecular flexibility index (Phi) is 15.9. The Morgan fingerprint density at radius 2 is 1.26 bits per heavy atom. The summed E-state index contributed by atoms with van der Waals surface area (Å²) in [6.45, 7) is 16.1. The molecule has 0 radical (unpaired) electrons. The van der Waals surface area contributed by atoms with E-state index in [0.29, 0.717) is 19.1 Å². The molecule has 0 aliphatic rings. The van der Waals surface area contributed by atoms with Crippen LogP contribution in [0.2, 0.25) is 13.3 Å². The molecule has 1 atom stereocenters. The molecule has 1 unspecified atom stereocenters. The van der Waals surface area contributed by atoms with Gasteiger partial charge < -0.3 is 0 Å². The Bertz CT molecular complexity index is 419. The first-order valence-electron chi connectivity index (χ1n) is 11.5. The summed E-state index contributed by atoms with van der Waals surface area (Å²) in [5.41, 5.74) is 0. The fraction of sp³-hybridized carbons (Fsp3) is 0.909. The molecule has 0 saturated carbocycles. The van der Waals surface area contributed by atoms with Crippen molar-refractivity contribution in [2.24, 2.45) is 5.92 Å². The molecule has 0 fully saturated rings. The van der Waals surface area contributed by atoms with Crippen LogP contribution in [0.15, 0.2) is 9.41 Å². The normalized spacial score (nSPS) is 14.6. The van der Waals surface area contributed by atoms with Gasteiger partial charge in [0.15, 0.2) is 0 Å². The van der Waals surface area contributed by atoms with Gasteiger partial charge in [0.2, 0.25) is 0 Å². The molecule has 0 aromatic carbocycles. The van der Waals surface area contributed by atoms with Crippen molar-refractivity contribution in [3.63, 3.8) is 0 Å². The minimum atomic E-state index is -3.18. The van der Waals surface area contributed by atoms with Crippen LogP contribution in [0.5, 0.6) is 0 Å². The van der Waals surface area contributed by atoms with Crippen LogP contribution < -0.4 is 0 Å². The molecule has 0 N–H and O–H groups in total. The fourth-order valence-corrected chi connectivity index (χ4v) is 29.1. The van der Waals surface area contributed by atoms with E-state index in [1.165, 1.54) is 55.2 Å². The average Bonchev–Trinajstić information content (AvgIpc) is 2.66. The zero-order chi connectivity index (χ0) is 20.8. The molecule has 3 nitrogen and oxygen atoms in total. The number of hydrogen-bond donors (Lipinski definition) is 0. The Hall–Kier alpha value is 0.689. The molecule has 0 spiro atoms.